The molecule has 1 aromatic heterocycles. The van der Waals surface area contributed by atoms with Gasteiger partial charge in [-0.1, -0.05) is 24.6 Å². The molecule has 0 spiro atoms. The Balaban J connectivity index is 2.00. The number of anilines is 1. The molecule has 1 fully saturated rings. The van der Waals surface area contributed by atoms with Gasteiger partial charge in [0.05, 0.1) is 10.7 Å². The van der Waals surface area contributed by atoms with E-state index in [0.29, 0.717) is 6.04 Å². The number of aryl methyl sites for hydroxylation is 2. The van der Waals surface area contributed by atoms with Crippen LogP contribution in [0.1, 0.15) is 31.7 Å². The van der Waals surface area contributed by atoms with E-state index in [2.05, 4.69) is 49.0 Å². The van der Waals surface area contributed by atoms with Crippen molar-refractivity contribution < 1.29 is 0 Å². The van der Waals surface area contributed by atoms with E-state index in [0.717, 1.165) is 40.0 Å². The van der Waals surface area contributed by atoms with E-state index in [1.54, 1.807) is 0 Å². The van der Waals surface area contributed by atoms with Gasteiger partial charge in [0.2, 0.25) is 0 Å². The maximum Gasteiger partial charge on any atom is 0.0675 e. The van der Waals surface area contributed by atoms with Gasteiger partial charge < -0.3 is 4.90 Å². The predicted octanol–water partition coefficient (Wildman–Crippen LogP) is 4.59. The second-order valence-electron chi connectivity index (χ2n) is 6.53. The van der Waals surface area contributed by atoms with E-state index in [1.807, 2.05) is 18.7 Å². The Morgan fingerprint density at radius 3 is 2.45 bits per heavy atom. The minimum absolute atomic E-state index is 0.573. The van der Waals surface area contributed by atoms with E-state index in [9.17, 15) is 0 Å². The van der Waals surface area contributed by atoms with Crippen molar-refractivity contribution in [1.82, 2.24) is 9.78 Å². The summed E-state index contributed by atoms with van der Waals surface area (Å²) in [5, 5.41) is 5.31. The van der Waals surface area contributed by atoms with Gasteiger partial charge in [-0.3, -0.25) is 4.68 Å². The summed E-state index contributed by atoms with van der Waals surface area (Å²) < 4.78 is 1.92. The number of nitrogens with zero attached hydrogens (tertiary/aromatic N) is 3. The largest absolute Gasteiger partial charge is 0.369 e. The number of rotatable bonds is 2. The highest BCUT2D eigenvalue weighted by molar-refractivity contribution is 6.33. The fourth-order valence-corrected chi connectivity index (χ4v) is 3.78. The highest BCUT2D eigenvalue weighted by atomic mass is 35.5. The average molecular weight is 318 g/mol. The smallest absolute Gasteiger partial charge is 0.0675 e. The lowest BCUT2D eigenvalue weighted by Gasteiger charge is -2.26. The summed E-state index contributed by atoms with van der Waals surface area (Å²) in [5.74, 6) is 0.737. The Morgan fingerprint density at radius 2 is 1.95 bits per heavy atom. The lowest BCUT2D eigenvalue weighted by atomic mass is 10.0. The first kappa shape index (κ1) is 15.4. The first-order valence-corrected chi connectivity index (χ1v) is 8.34. The molecule has 4 heteroatoms. The number of aromatic nitrogens is 2. The van der Waals surface area contributed by atoms with Crippen molar-refractivity contribution in [3.8, 4) is 11.1 Å². The molecule has 1 unspecified atom stereocenters. The van der Waals surface area contributed by atoms with Gasteiger partial charge >= 0.3 is 0 Å². The molecule has 3 rings (SSSR count). The molecule has 0 bridgehead atoms. The van der Waals surface area contributed by atoms with Crippen molar-refractivity contribution in [3.63, 3.8) is 0 Å². The van der Waals surface area contributed by atoms with Crippen molar-refractivity contribution in [2.24, 2.45) is 13.0 Å². The molecule has 1 aliphatic rings. The van der Waals surface area contributed by atoms with Crippen LogP contribution in [0.2, 0.25) is 5.02 Å². The third-order valence-electron chi connectivity index (χ3n) is 5.20. The topological polar surface area (TPSA) is 21.1 Å². The van der Waals surface area contributed by atoms with Crippen LogP contribution >= 0.6 is 11.6 Å². The summed E-state index contributed by atoms with van der Waals surface area (Å²) in [5.41, 5.74) is 5.63. The van der Waals surface area contributed by atoms with Gasteiger partial charge in [-0.25, -0.2) is 0 Å². The van der Waals surface area contributed by atoms with Crippen molar-refractivity contribution in [1.29, 1.82) is 0 Å². The van der Waals surface area contributed by atoms with Gasteiger partial charge in [-0.05, 0) is 45.2 Å². The monoisotopic (exact) mass is 317 g/mol. The number of halogens is 1. The molecule has 3 nitrogen and oxygen atoms in total. The zero-order valence-corrected chi connectivity index (χ0v) is 14.8. The normalized spacial score (nSPS) is 21.6. The molecule has 0 N–H and O–H groups in total. The quantitative estimate of drug-likeness (QED) is 0.807. The first-order valence-electron chi connectivity index (χ1n) is 7.97. The van der Waals surface area contributed by atoms with Gasteiger partial charge in [-0.2, -0.15) is 5.10 Å². The Hall–Kier alpha value is -1.48. The van der Waals surface area contributed by atoms with Crippen molar-refractivity contribution in [2.45, 2.75) is 40.2 Å². The van der Waals surface area contributed by atoms with Gasteiger partial charge in [0, 0.05) is 42.1 Å². The summed E-state index contributed by atoms with van der Waals surface area (Å²) in [4.78, 5) is 2.46. The van der Waals surface area contributed by atoms with E-state index < -0.39 is 0 Å². The fourth-order valence-electron chi connectivity index (χ4n) is 3.51. The lowest BCUT2D eigenvalue weighted by molar-refractivity contribution is 0.546. The molecule has 118 valence electrons. The van der Waals surface area contributed by atoms with Gasteiger partial charge in [0.25, 0.3) is 0 Å². The minimum atomic E-state index is 0.573. The van der Waals surface area contributed by atoms with Gasteiger partial charge in [0.1, 0.15) is 0 Å². The second-order valence-corrected chi connectivity index (χ2v) is 6.94. The van der Waals surface area contributed by atoms with Crippen LogP contribution in [0, 0.1) is 19.8 Å². The van der Waals surface area contributed by atoms with Gasteiger partial charge in [0.15, 0.2) is 0 Å². The number of hydrogen-bond donors (Lipinski definition) is 0. The van der Waals surface area contributed by atoms with Crippen LogP contribution < -0.4 is 4.90 Å². The number of hydrogen-bond acceptors (Lipinski definition) is 2. The first-order chi connectivity index (χ1) is 10.4. The standard InChI is InChI=1S/C18H24ClN3/c1-11-8-9-22(13(11)3)15-6-7-16(17(19)10-15)18-12(2)20-21(5)14(18)4/h6-7,10-11,13H,8-9H2,1-5H3/t11?,13-/m0/s1. The molecule has 0 amide bonds. The molecule has 2 aromatic rings. The number of benzene rings is 1. The zero-order valence-electron chi connectivity index (χ0n) is 14.0. The Kier molecular flexibility index (Phi) is 3.94. The van der Waals surface area contributed by atoms with Crippen LogP contribution in [0.25, 0.3) is 11.1 Å². The molecule has 1 aromatic carbocycles. The highest BCUT2D eigenvalue weighted by Crippen LogP contribution is 2.37. The fraction of sp³-hybridized carbons (Fsp3) is 0.500. The lowest BCUT2D eigenvalue weighted by Crippen LogP contribution is -2.28. The Labute approximate surface area is 137 Å². The van der Waals surface area contributed by atoms with Crippen LogP contribution in [0.5, 0.6) is 0 Å². The summed E-state index contributed by atoms with van der Waals surface area (Å²) in [7, 11) is 1.97. The summed E-state index contributed by atoms with van der Waals surface area (Å²) in [6, 6.07) is 7.02. The summed E-state index contributed by atoms with van der Waals surface area (Å²) >= 11 is 6.62. The SMILES string of the molecule is Cc1nn(C)c(C)c1-c1ccc(N2CCC(C)[C@@H]2C)cc1Cl. The van der Waals surface area contributed by atoms with Crippen LogP contribution in [0.15, 0.2) is 18.2 Å². The van der Waals surface area contributed by atoms with Crippen molar-refractivity contribution in [3.05, 3.63) is 34.6 Å². The third-order valence-corrected chi connectivity index (χ3v) is 5.52. The molecular formula is C18H24ClN3. The molecule has 0 aliphatic carbocycles. The minimum Gasteiger partial charge on any atom is -0.369 e. The molecule has 2 heterocycles. The average Bonchev–Trinajstić information content (AvgIpc) is 2.92. The molecule has 22 heavy (non-hydrogen) atoms. The molecular weight excluding hydrogens is 294 g/mol. The maximum atomic E-state index is 6.62. The summed E-state index contributed by atoms with van der Waals surface area (Å²) in [6.45, 7) is 9.86. The molecule has 0 saturated carbocycles. The van der Waals surface area contributed by atoms with Crippen LogP contribution in [-0.2, 0) is 7.05 Å². The highest BCUT2D eigenvalue weighted by Gasteiger charge is 2.27. The van der Waals surface area contributed by atoms with E-state index in [4.69, 9.17) is 11.6 Å². The second kappa shape index (κ2) is 5.62. The molecule has 1 saturated heterocycles. The third kappa shape index (κ3) is 2.41. The summed E-state index contributed by atoms with van der Waals surface area (Å²) in [6.07, 6.45) is 1.25. The Morgan fingerprint density at radius 1 is 1.23 bits per heavy atom. The van der Waals surface area contributed by atoms with Crippen LogP contribution in [0.4, 0.5) is 5.69 Å². The zero-order chi connectivity index (χ0) is 16.0. The predicted molar refractivity (Wildman–Crippen MR) is 93.7 cm³/mol. The van der Waals surface area contributed by atoms with E-state index in [1.165, 1.54) is 12.1 Å². The molecule has 2 atom stereocenters. The van der Waals surface area contributed by atoms with E-state index in [-0.39, 0.29) is 0 Å². The van der Waals surface area contributed by atoms with E-state index >= 15 is 0 Å². The van der Waals surface area contributed by atoms with Crippen LogP contribution in [-0.4, -0.2) is 22.4 Å². The van der Waals surface area contributed by atoms with Crippen LogP contribution in [0.3, 0.4) is 0 Å². The maximum absolute atomic E-state index is 6.62. The Bertz CT molecular complexity index is 705. The van der Waals surface area contributed by atoms with Crippen molar-refractivity contribution >= 4 is 17.3 Å². The van der Waals surface area contributed by atoms with Crippen molar-refractivity contribution in [2.75, 3.05) is 11.4 Å². The molecule has 0 radical (unpaired) electrons. The van der Waals surface area contributed by atoms with Gasteiger partial charge in [-0.15, -0.1) is 0 Å². The molecule has 1 aliphatic heterocycles.